The molecule has 3 nitrogen and oxygen atoms in total. The molecule has 0 spiro atoms. The highest BCUT2D eigenvalue weighted by atomic mass is 32.2. The van der Waals surface area contributed by atoms with Gasteiger partial charge in [0.25, 0.3) is 13.4 Å². The first kappa shape index (κ1) is 35.0. The molecule has 4 aliphatic heterocycles. The fourth-order valence-corrected chi connectivity index (χ4v) is 12.3. The van der Waals surface area contributed by atoms with Gasteiger partial charge in [0, 0.05) is 37.0 Å². The maximum atomic E-state index is 7.21. The van der Waals surface area contributed by atoms with E-state index in [2.05, 4.69) is 205 Å². The van der Waals surface area contributed by atoms with Crippen molar-refractivity contribution in [2.45, 2.75) is 19.6 Å². The van der Waals surface area contributed by atoms with Gasteiger partial charge in [-0.05, 0) is 105 Å². The van der Waals surface area contributed by atoms with E-state index < -0.39 is 0 Å². The zero-order valence-corrected chi connectivity index (χ0v) is 34.4. The van der Waals surface area contributed by atoms with E-state index in [4.69, 9.17) is 9.47 Å². The van der Waals surface area contributed by atoms with E-state index in [1.807, 2.05) is 23.5 Å². The predicted octanol–water partition coefficient (Wildman–Crippen LogP) is 10.7. The number of benzene rings is 9. The molecule has 4 heterocycles. The average molecular weight is 814 g/mol. The van der Waals surface area contributed by atoms with Gasteiger partial charge in [-0.2, -0.15) is 0 Å². The zero-order chi connectivity index (χ0) is 40.0. The highest BCUT2D eigenvalue weighted by molar-refractivity contribution is 8.00. The van der Waals surface area contributed by atoms with Gasteiger partial charge in [0.2, 0.25) is 0 Å². The van der Waals surface area contributed by atoms with Crippen LogP contribution in [-0.4, -0.2) is 13.4 Å². The molecule has 4 aliphatic rings. The van der Waals surface area contributed by atoms with Gasteiger partial charge in [0.15, 0.2) is 0 Å². The molecule has 0 aromatic heterocycles. The zero-order valence-electron chi connectivity index (χ0n) is 32.8. The second-order valence-electron chi connectivity index (χ2n) is 15.9. The first-order valence-electron chi connectivity index (χ1n) is 20.7. The third kappa shape index (κ3) is 5.57. The second kappa shape index (κ2) is 13.9. The smallest absolute Gasteiger partial charge is 0.253 e. The van der Waals surface area contributed by atoms with Crippen LogP contribution in [0.5, 0.6) is 23.0 Å². The lowest BCUT2D eigenvalue weighted by Gasteiger charge is -2.37. The lowest BCUT2D eigenvalue weighted by molar-refractivity contribution is 0.485. The van der Waals surface area contributed by atoms with Crippen molar-refractivity contribution in [3.05, 3.63) is 200 Å². The Morgan fingerprint density at radius 2 is 0.885 bits per heavy atom. The fourth-order valence-electron chi connectivity index (χ4n) is 9.86. The summed E-state index contributed by atoms with van der Waals surface area (Å²) in [4.78, 5) is 7.25. The molecule has 0 radical (unpaired) electrons. The van der Waals surface area contributed by atoms with Crippen molar-refractivity contribution in [3.8, 4) is 45.3 Å². The number of ether oxygens (including phenoxy) is 2. The summed E-state index contributed by atoms with van der Waals surface area (Å²) in [6.07, 6.45) is 0. The topological polar surface area (TPSA) is 21.7 Å². The molecule has 284 valence electrons. The normalized spacial score (nSPS) is 13.3. The number of nitrogens with zero attached hydrogens (tertiary/aromatic N) is 1. The van der Waals surface area contributed by atoms with Gasteiger partial charge in [0.05, 0.1) is 5.69 Å². The standard InChI is InChI=1S/C54H33B2NO2S2/c1-4-16-34(17-5-1)39-22-10-11-23-40(39)35-28-47-53-51(29-35)61-50-33-46-43(32-44(50)55(53)41-24-12-14-26-45(41)58-47)56-42-25-13-15-27-49(42)60-52-31-38(30-48(59-46)54(52)56)57(36-18-6-2-7-19-36)37-20-8-3-9-21-37/h1-33H. The SMILES string of the molecule is c1ccc(-c2ccccc2-c2cc3c4c(c2)Sc2cc5c(cc2B4c2ccccc2O3)B2c3ccccc3Sc3cc(N(c4ccccc4)c4ccccc4)cc(c32)O5)cc1. The number of rotatable bonds is 5. The Bertz CT molecular complexity index is 3190. The third-order valence-electron chi connectivity index (χ3n) is 12.5. The third-order valence-corrected chi connectivity index (χ3v) is 14.8. The summed E-state index contributed by atoms with van der Waals surface area (Å²) in [5.74, 6) is 3.65. The molecule has 0 unspecified atom stereocenters. The van der Waals surface area contributed by atoms with E-state index in [0.29, 0.717) is 0 Å². The van der Waals surface area contributed by atoms with Crippen LogP contribution in [0.25, 0.3) is 22.3 Å². The highest BCUT2D eigenvalue weighted by Crippen LogP contribution is 2.46. The lowest BCUT2D eigenvalue weighted by Crippen LogP contribution is -2.62. The number of fused-ring (bicyclic) bond motifs is 8. The molecular weight excluding hydrogens is 780 g/mol. The van der Waals surface area contributed by atoms with Crippen LogP contribution in [0.3, 0.4) is 0 Å². The van der Waals surface area contributed by atoms with Crippen molar-refractivity contribution in [3.63, 3.8) is 0 Å². The van der Waals surface area contributed by atoms with Crippen LogP contribution in [0.4, 0.5) is 17.1 Å². The van der Waals surface area contributed by atoms with Crippen molar-refractivity contribution in [1.82, 2.24) is 0 Å². The molecule has 0 N–H and O–H groups in total. The molecule has 61 heavy (non-hydrogen) atoms. The van der Waals surface area contributed by atoms with Crippen LogP contribution in [0.2, 0.25) is 0 Å². The Kier molecular flexibility index (Phi) is 7.97. The lowest BCUT2D eigenvalue weighted by atomic mass is 9.32. The fraction of sp³-hybridized carbons (Fsp3) is 0. The monoisotopic (exact) mass is 813 g/mol. The molecule has 0 saturated carbocycles. The average Bonchev–Trinajstić information content (AvgIpc) is 3.31. The van der Waals surface area contributed by atoms with Gasteiger partial charge in [0.1, 0.15) is 23.0 Å². The molecule has 0 saturated heterocycles. The van der Waals surface area contributed by atoms with Gasteiger partial charge in [-0.3, -0.25) is 0 Å². The maximum absolute atomic E-state index is 7.21. The Balaban J connectivity index is 0.996. The molecule has 0 atom stereocenters. The molecule has 9 aromatic rings. The molecule has 7 heteroatoms. The number of anilines is 3. The van der Waals surface area contributed by atoms with Crippen LogP contribution in [-0.2, 0) is 0 Å². The van der Waals surface area contributed by atoms with Crippen LogP contribution < -0.4 is 47.2 Å². The quantitative estimate of drug-likeness (QED) is 0.161. The van der Waals surface area contributed by atoms with E-state index in [1.54, 1.807) is 0 Å². The summed E-state index contributed by atoms with van der Waals surface area (Å²) >= 11 is 3.68. The van der Waals surface area contributed by atoms with Gasteiger partial charge < -0.3 is 14.4 Å². The highest BCUT2D eigenvalue weighted by Gasteiger charge is 2.44. The number of hydrogen-bond acceptors (Lipinski definition) is 5. The largest absolute Gasteiger partial charge is 0.458 e. The number of hydrogen-bond donors (Lipinski definition) is 0. The van der Waals surface area contributed by atoms with E-state index in [1.165, 1.54) is 69.0 Å². The van der Waals surface area contributed by atoms with E-state index in [0.717, 1.165) is 45.6 Å². The predicted molar refractivity (Wildman–Crippen MR) is 255 cm³/mol. The van der Waals surface area contributed by atoms with E-state index in [9.17, 15) is 0 Å². The van der Waals surface area contributed by atoms with Gasteiger partial charge in [-0.15, -0.1) is 0 Å². The first-order valence-corrected chi connectivity index (χ1v) is 22.3. The van der Waals surface area contributed by atoms with Crippen molar-refractivity contribution in [1.29, 1.82) is 0 Å². The first-order chi connectivity index (χ1) is 30.2. The van der Waals surface area contributed by atoms with Crippen molar-refractivity contribution in [2.24, 2.45) is 0 Å². The molecule has 0 fully saturated rings. The van der Waals surface area contributed by atoms with Crippen molar-refractivity contribution < 1.29 is 9.47 Å². The minimum atomic E-state index is 0.0108. The Labute approximate surface area is 364 Å². The summed E-state index contributed by atoms with van der Waals surface area (Å²) < 4.78 is 14.1. The van der Waals surface area contributed by atoms with Crippen LogP contribution in [0.1, 0.15) is 0 Å². The van der Waals surface area contributed by atoms with Crippen LogP contribution in [0.15, 0.2) is 220 Å². The number of para-hydroxylation sites is 3. The molecular formula is C54H33B2NO2S2. The van der Waals surface area contributed by atoms with Crippen molar-refractivity contribution in [2.75, 3.05) is 4.90 Å². The molecule has 0 amide bonds. The van der Waals surface area contributed by atoms with Crippen molar-refractivity contribution >= 4 is 86.8 Å². The minimum absolute atomic E-state index is 0.0108. The summed E-state index contributed by atoms with van der Waals surface area (Å²) in [5, 5.41) is 0. The molecule has 0 bridgehead atoms. The van der Waals surface area contributed by atoms with Gasteiger partial charge >= 0.3 is 0 Å². The van der Waals surface area contributed by atoms with E-state index >= 15 is 0 Å². The summed E-state index contributed by atoms with van der Waals surface area (Å²) in [6, 6.07) is 72.2. The van der Waals surface area contributed by atoms with Crippen LogP contribution in [0, 0.1) is 0 Å². The van der Waals surface area contributed by atoms with Gasteiger partial charge in [-0.25, -0.2) is 0 Å². The van der Waals surface area contributed by atoms with Gasteiger partial charge in [-0.1, -0.05) is 168 Å². The maximum Gasteiger partial charge on any atom is 0.253 e. The minimum Gasteiger partial charge on any atom is -0.458 e. The summed E-state index contributed by atoms with van der Waals surface area (Å²) in [6.45, 7) is 0.0296. The Morgan fingerprint density at radius 1 is 0.328 bits per heavy atom. The summed E-state index contributed by atoms with van der Waals surface area (Å²) in [5.41, 5.74) is 15.5. The molecule has 13 rings (SSSR count). The van der Waals surface area contributed by atoms with E-state index in [-0.39, 0.29) is 13.4 Å². The van der Waals surface area contributed by atoms with Crippen LogP contribution >= 0.6 is 23.5 Å². The Hall–Kier alpha value is -6.79. The summed E-state index contributed by atoms with van der Waals surface area (Å²) in [7, 11) is 0. The molecule has 9 aromatic carbocycles. The Morgan fingerprint density at radius 3 is 1.64 bits per heavy atom. The second-order valence-corrected chi connectivity index (χ2v) is 18.1. The molecule has 0 aliphatic carbocycles.